The largest absolute Gasteiger partial charge is 0.335 e. The Morgan fingerprint density at radius 3 is 2.36 bits per heavy atom. The van der Waals surface area contributed by atoms with Gasteiger partial charge in [-0.2, -0.15) is 5.10 Å². The fraction of sp³-hybridized carbons (Fsp3) is 0.217. The van der Waals surface area contributed by atoms with Gasteiger partial charge in [0, 0.05) is 38.3 Å². The normalized spacial score (nSPS) is 15.2. The van der Waals surface area contributed by atoms with Crippen molar-refractivity contribution < 1.29 is 4.79 Å². The Balaban J connectivity index is 1.29. The smallest absolute Gasteiger partial charge is 0.271 e. The minimum Gasteiger partial charge on any atom is -0.335 e. The molecule has 3 aromatic rings. The average Bonchev–Trinajstić information content (AvgIpc) is 3.25. The predicted molar refractivity (Wildman–Crippen MR) is 112 cm³/mol. The molecular formula is C23H24N4O. The Hall–Kier alpha value is -3.18. The maximum Gasteiger partial charge on any atom is 0.271 e. The number of carbonyl (C=O) groups excluding carboxylic acids is 1. The summed E-state index contributed by atoms with van der Waals surface area (Å²) in [5, 5.41) is 7.19. The molecule has 1 amide bonds. The molecule has 0 saturated carbocycles. The van der Waals surface area contributed by atoms with Crippen LogP contribution in [-0.2, 0) is 0 Å². The van der Waals surface area contributed by atoms with E-state index in [0.29, 0.717) is 5.69 Å². The van der Waals surface area contributed by atoms with Crippen LogP contribution in [0, 0.1) is 0 Å². The van der Waals surface area contributed by atoms with Crippen LogP contribution in [0.1, 0.15) is 16.1 Å². The van der Waals surface area contributed by atoms with Crippen LogP contribution in [0.5, 0.6) is 0 Å². The van der Waals surface area contributed by atoms with Gasteiger partial charge in [-0.1, -0.05) is 72.8 Å². The standard InChI is InChI=1S/C23H24N4O/c28-23(22-18-21(24-25-22)20-11-5-2-6-12-20)27-16-14-26(15-17-27)13-7-10-19-8-3-1-4-9-19/h1-12,18H,13-17H2,(H,24,25)/b10-7+. The van der Waals surface area contributed by atoms with E-state index in [0.717, 1.165) is 44.0 Å². The number of aromatic nitrogens is 2. The second-order valence-electron chi connectivity index (χ2n) is 6.94. The Labute approximate surface area is 165 Å². The fourth-order valence-electron chi connectivity index (χ4n) is 3.39. The van der Waals surface area contributed by atoms with Crippen molar-refractivity contribution in [1.82, 2.24) is 20.0 Å². The minimum absolute atomic E-state index is 0.0224. The molecule has 1 aromatic heterocycles. The summed E-state index contributed by atoms with van der Waals surface area (Å²) in [4.78, 5) is 17.0. The zero-order chi connectivity index (χ0) is 19.2. The molecule has 0 spiro atoms. The van der Waals surface area contributed by atoms with Crippen molar-refractivity contribution in [3.63, 3.8) is 0 Å². The van der Waals surface area contributed by atoms with E-state index < -0.39 is 0 Å². The van der Waals surface area contributed by atoms with Crippen molar-refractivity contribution in [2.45, 2.75) is 0 Å². The molecule has 0 atom stereocenters. The highest BCUT2D eigenvalue weighted by Gasteiger charge is 2.23. The lowest BCUT2D eigenvalue weighted by Crippen LogP contribution is -2.48. The number of rotatable bonds is 5. The summed E-state index contributed by atoms with van der Waals surface area (Å²) in [5.74, 6) is 0.0224. The van der Waals surface area contributed by atoms with Gasteiger partial charge in [-0.15, -0.1) is 0 Å². The van der Waals surface area contributed by atoms with Crippen LogP contribution < -0.4 is 0 Å². The van der Waals surface area contributed by atoms with Crippen molar-refractivity contribution in [2.24, 2.45) is 0 Å². The van der Waals surface area contributed by atoms with E-state index in [2.05, 4.69) is 39.4 Å². The maximum atomic E-state index is 12.8. The van der Waals surface area contributed by atoms with E-state index in [-0.39, 0.29) is 5.91 Å². The average molecular weight is 372 g/mol. The molecule has 1 saturated heterocycles. The van der Waals surface area contributed by atoms with Gasteiger partial charge in [0.15, 0.2) is 0 Å². The summed E-state index contributed by atoms with van der Waals surface area (Å²) in [6.07, 6.45) is 4.33. The number of benzene rings is 2. The molecular weight excluding hydrogens is 348 g/mol. The van der Waals surface area contributed by atoms with E-state index in [1.807, 2.05) is 59.5 Å². The van der Waals surface area contributed by atoms with Crippen LogP contribution in [0.3, 0.4) is 0 Å². The highest BCUT2D eigenvalue weighted by Crippen LogP contribution is 2.18. The first-order valence-corrected chi connectivity index (χ1v) is 9.64. The molecule has 0 bridgehead atoms. The van der Waals surface area contributed by atoms with Crippen LogP contribution in [0.2, 0.25) is 0 Å². The lowest BCUT2D eigenvalue weighted by Gasteiger charge is -2.33. The lowest BCUT2D eigenvalue weighted by atomic mass is 10.1. The van der Waals surface area contributed by atoms with Crippen molar-refractivity contribution in [3.8, 4) is 11.3 Å². The van der Waals surface area contributed by atoms with E-state index in [9.17, 15) is 4.79 Å². The number of amides is 1. The number of hydrogen-bond acceptors (Lipinski definition) is 3. The van der Waals surface area contributed by atoms with Crippen LogP contribution in [0.15, 0.2) is 72.8 Å². The first-order valence-electron chi connectivity index (χ1n) is 9.64. The van der Waals surface area contributed by atoms with E-state index >= 15 is 0 Å². The summed E-state index contributed by atoms with van der Waals surface area (Å²) < 4.78 is 0. The molecule has 0 unspecified atom stereocenters. The maximum absolute atomic E-state index is 12.8. The van der Waals surface area contributed by atoms with Gasteiger partial charge in [0.1, 0.15) is 5.69 Å². The number of nitrogens with one attached hydrogen (secondary N) is 1. The molecule has 2 aromatic carbocycles. The second kappa shape index (κ2) is 8.67. The molecule has 1 N–H and O–H groups in total. The number of hydrogen-bond donors (Lipinski definition) is 1. The van der Waals surface area contributed by atoms with Crippen LogP contribution in [-0.4, -0.2) is 58.6 Å². The lowest BCUT2D eigenvalue weighted by molar-refractivity contribution is 0.0644. The Kier molecular flexibility index (Phi) is 5.64. The topological polar surface area (TPSA) is 52.2 Å². The third-order valence-corrected chi connectivity index (χ3v) is 5.01. The summed E-state index contributed by atoms with van der Waals surface area (Å²) in [6, 6.07) is 22.0. The third-order valence-electron chi connectivity index (χ3n) is 5.01. The summed E-state index contributed by atoms with van der Waals surface area (Å²) in [7, 11) is 0. The SMILES string of the molecule is O=C(c1cc(-c2ccccc2)n[nH]1)N1CCN(C/C=C/c2ccccc2)CC1. The Bertz CT molecular complexity index is 926. The predicted octanol–water partition coefficient (Wildman–Crippen LogP) is 3.55. The van der Waals surface area contributed by atoms with Gasteiger partial charge in [0.05, 0.1) is 5.69 Å². The molecule has 0 aliphatic carbocycles. The van der Waals surface area contributed by atoms with Gasteiger partial charge in [-0.05, 0) is 11.6 Å². The second-order valence-corrected chi connectivity index (χ2v) is 6.94. The first-order chi connectivity index (χ1) is 13.8. The third kappa shape index (κ3) is 4.38. The van der Waals surface area contributed by atoms with Crippen molar-refractivity contribution in [1.29, 1.82) is 0 Å². The van der Waals surface area contributed by atoms with Crippen LogP contribution >= 0.6 is 0 Å². The van der Waals surface area contributed by atoms with Crippen molar-refractivity contribution in [2.75, 3.05) is 32.7 Å². The van der Waals surface area contributed by atoms with Gasteiger partial charge in [0.2, 0.25) is 0 Å². The number of piperazine rings is 1. The molecule has 5 heteroatoms. The van der Waals surface area contributed by atoms with E-state index in [1.165, 1.54) is 5.56 Å². The molecule has 1 aliphatic heterocycles. The van der Waals surface area contributed by atoms with Crippen LogP contribution in [0.4, 0.5) is 0 Å². The highest BCUT2D eigenvalue weighted by atomic mass is 16.2. The molecule has 2 heterocycles. The molecule has 4 rings (SSSR count). The number of H-pyrrole nitrogens is 1. The van der Waals surface area contributed by atoms with Gasteiger partial charge in [-0.3, -0.25) is 14.8 Å². The summed E-state index contributed by atoms with van der Waals surface area (Å²) in [5.41, 5.74) is 3.57. The monoisotopic (exact) mass is 372 g/mol. The number of carbonyl (C=O) groups is 1. The van der Waals surface area contributed by atoms with Crippen molar-refractivity contribution in [3.05, 3.63) is 84.1 Å². The highest BCUT2D eigenvalue weighted by molar-refractivity contribution is 5.93. The molecule has 0 radical (unpaired) electrons. The van der Waals surface area contributed by atoms with Crippen molar-refractivity contribution >= 4 is 12.0 Å². The van der Waals surface area contributed by atoms with E-state index in [4.69, 9.17) is 0 Å². The number of nitrogens with zero attached hydrogens (tertiary/aromatic N) is 3. The van der Waals surface area contributed by atoms with Gasteiger partial charge in [0.25, 0.3) is 5.91 Å². The Morgan fingerprint density at radius 2 is 1.64 bits per heavy atom. The first kappa shape index (κ1) is 18.2. The van der Waals surface area contributed by atoms with Gasteiger partial charge < -0.3 is 4.90 Å². The minimum atomic E-state index is 0.0224. The van der Waals surface area contributed by atoms with Crippen LogP contribution in [0.25, 0.3) is 17.3 Å². The molecule has 28 heavy (non-hydrogen) atoms. The number of aromatic amines is 1. The molecule has 142 valence electrons. The quantitative estimate of drug-likeness (QED) is 0.745. The van der Waals surface area contributed by atoms with Gasteiger partial charge >= 0.3 is 0 Å². The molecule has 5 nitrogen and oxygen atoms in total. The zero-order valence-electron chi connectivity index (χ0n) is 15.8. The van der Waals surface area contributed by atoms with E-state index in [1.54, 1.807) is 0 Å². The summed E-state index contributed by atoms with van der Waals surface area (Å²) in [6.45, 7) is 4.13. The molecule has 1 fully saturated rings. The summed E-state index contributed by atoms with van der Waals surface area (Å²) >= 11 is 0. The fourth-order valence-corrected chi connectivity index (χ4v) is 3.39. The zero-order valence-corrected chi connectivity index (χ0v) is 15.8. The van der Waals surface area contributed by atoms with Gasteiger partial charge in [-0.25, -0.2) is 0 Å². The molecule has 1 aliphatic rings. The Morgan fingerprint density at radius 1 is 0.964 bits per heavy atom.